The monoisotopic (exact) mass is 236 g/mol. The zero-order chi connectivity index (χ0) is 12.8. The number of ether oxygens (including phenoxy) is 1. The Morgan fingerprint density at radius 3 is 2.53 bits per heavy atom. The lowest BCUT2D eigenvalue weighted by molar-refractivity contribution is -0.136. The number of carboxylic acids is 1. The van der Waals surface area contributed by atoms with E-state index in [0.717, 1.165) is 12.0 Å². The summed E-state index contributed by atoms with van der Waals surface area (Å²) in [6.45, 7) is 1.99. The molecule has 1 aromatic rings. The van der Waals surface area contributed by atoms with Crippen molar-refractivity contribution in [2.24, 2.45) is 0 Å². The Morgan fingerprint density at radius 2 is 2.00 bits per heavy atom. The molecule has 92 valence electrons. The molecule has 0 unspecified atom stereocenters. The third-order valence-corrected chi connectivity index (χ3v) is 2.54. The topological polar surface area (TPSA) is 63.6 Å². The summed E-state index contributed by atoms with van der Waals surface area (Å²) in [5.41, 5.74) is 1.50. The smallest absolute Gasteiger partial charge is 0.303 e. The molecular formula is C13H16O4. The Balaban J connectivity index is 2.93. The van der Waals surface area contributed by atoms with Gasteiger partial charge in [-0.25, -0.2) is 0 Å². The lowest BCUT2D eigenvalue weighted by Gasteiger charge is -2.08. The van der Waals surface area contributed by atoms with E-state index in [1.165, 1.54) is 7.11 Å². The van der Waals surface area contributed by atoms with Crippen molar-refractivity contribution in [1.29, 1.82) is 0 Å². The van der Waals surface area contributed by atoms with Crippen molar-refractivity contribution in [3.05, 3.63) is 29.3 Å². The Hall–Kier alpha value is -1.84. The minimum atomic E-state index is -0.969. The molecule has 1 N–H and O–H groups in total. The van der Waals surface area contributed by atoms with Crippen molar-refractivity contribution in [3.63, 3.8) is 0 Å². The molecule has 0 aliphatic rings. The molecule has 0 aliphatic heterocycles. The number of carbonyl (C=O) groups excluding carboxylic acids is 1. The van der Waals surface area contributed by atoms with Gasteiger partial charge < -0.3 is 9.84 Å². The molecule has 0 bridgehead atoms. The predicted molar refractivity (Wildman–Crippen MR) is 63.6 cm³/mol. The molecule has 0 atom stereocenters. The van der Waals surface area contributed by atoms with Crippen molar-refractivity contribution in [2.75, 3.05) is 7.11 Å². The highest BCUT2D eigenvalue weighted by molar-refractivity contribution is 6.00. The van der Waals surface area contributed by atoms with Gasteiger partial charge >= 0.3 is 5.97 Å². The first-order chi connectivity index (χ1) is 8.08. The number of ketones is 1. The van der Waals surface area contributed by atoms with Crippen molar-refractivity contribution in [1.82, 2.24) is 0 Å². The Kier molecular flexibility index (Phi) is 4.69. The van der Waals surface area contributed by atoms with Crippen LogP contribution in [0.4, 0.5) is 0 Å². The molecular weight excluding hydrogens is 220 g/mol. The first-order valence-electron chi connectivity index (χ1n) is 5.50. The summed E-state index contributed by atoms with van der Waals surface area (Å²) in [4.78, 5) is 22.3. The van der Waals surface area contributed by atoms with Crippen LogP contribution in [0.2, 0.25) is 0 Å². The van der Waals surface area contributed by atoms with Gasteiger partial charge in [0.2, 0.25) is 0 Å². The van der Waals surface area contributed by atoms with Crippen LogP contribution in [0, 0.1) is 0 Å². The Bertz CT molecular complexity index is 423. The third kappa shape index (κ3) is 3.59. The zero-order valence-corrected chi connectivity index (χ0v) is 10.0. The maximum absolute atomic E-state index is 11.9. The minimum Gasteiger partial charge on any atom is -0.496 e. The third-order valence-electron chi connectivity index (χ3n) is 2.54. The number of carbonyl (C=O) groups is 2. The SMILES string of the molecule is CCc1ccc(OC)c(C(=O)CCC(=O)O)c1. The molecule has 0 amide bonds. The van der Waals surface area contributed by atoms with Gasteiger partial charge in [0, 0.05) is 6.42 Å². The molecule has 0 spiro atoms. The average Bonchev–Trinajstić information content (AvgIpc) is 2.34. The summed E-state index contributed by atoms with van der Waals surface area (Å²) in [5, 5.41) is 8.55. The molecule has 0 aliphatic carbocycles. The van der Waals surface area contributed by atoms with E-state index < -0.39 is 5.97 Å². The van der Waals surface area contributed by atoms with Crippen LogP contribution in [0.1, 0.15) is 35.7 Å². The van der Waals surface area contributed by atoms with E-state index in [-0.39, 0.29) is 18.6 Å². The van der Waals surface area contributed by atoms with Gasteiger partial charge in [-0.15, -0.1) is 0 Å². The maximum Gasteiger partial charge on any atom is 0.303 e. The number of carboxylic acid groups (broad SMARTS) is 1. The highest BCUT2D eigenvalue weighted by Crippen LogP contribution is 2.22. The molecule has 4 heteroatoms. The number of hydrogen-bond acceptors (Lipinski definition) is 3. The average molecular weight is 236 g/mol. The fourth-order valence-corrected chi connectivity index (χ4v) is 1.55. The van der Waals surface area contributed by atoms with E-state index in [1.807, 2.05) is 13.0 Å². The number of hydrogen-bond donors (Lipinski definition) is 1. The summed E-state index contributed by atoms with van der Waals surface area (Å²) < 4.78 is 5.10. The number of methoxy groups -OCH3 is 1. The Labute approximate surface area is 100 Å². The van der Waals surface area contributed by atoms with Gasteiger partial charge in [0.05, 0.1) is 19.1 Å². The largest absolute Gasteiger partial charge is 0.496 e. The number of rotatable bonds is 6. The molecule has 0 saturated carbocycles. The van der Waals surface area contributed by atoms with Crippen LogP contribution in [0.25, 0.3) is 0 Å². The zero-order valence-electron chi connectivity index (χ0n) is 10.0. The lowest BCUT2D eigenvalue weighted by atomic mass is 10.0. The second kappa shape index (κ2) is 6.03. The van der Waals surface area contributed by atoms with Crippen LogP contribution in [0.3, 0.4) is 0 Å². The van der Waals surface area contributed by atoms with Gasteiger partial charge in [-0.1, -0.05) is 13.0 Å². The van der Waals surface area contributed by atoms with E-state index in [0.29, 0.717) is 11.3 Å². The van der Waals surface area contributed by atoms with Crippen LogP contribution in [0.5, 0.6) is 5.75 Å². The lowest BCUT2D eigenvalue weighted by Crippen LogP contribution is -2.06. The summed E-state index contributed by atoms with van der Waals surface area (Å²) in [7, 11) is 1.49. The molecule has 4 nitrogen and oxygen atoms in total. The van der Waals surface area contributed by atoms with E-state index in [2.05, 4.69) is 0 Å². The first-order valence-corrected chi connectivity index (χ1v) is 5.50. The minimum absolute atomic E-state index is 0.00113. The van der Waals surface area contributed by atoms with Crippen LogP contribution in [-0.2, 0) is 11.2 Å². The summed E-state index contributed by atoms with van der Waals surface area (Å²) in [5.74, 6) is -0.666. The molecule has 0 saturated heterocycles. The van der Waals surface area contributed by atoms with Gasteiger partial charge in [0.25, 0.3) is 0 Å². The normalized spacial score (nSPS) is 10.0. The number of benzene rings is 1. The van der Waals surface area contributed by atoms with Crippen molar-refractivity contribution < 1.29 is 19.4 Å². The van der Waals surface area contributed by atoms with Gasteiger partial charge in [0.15, 0.2) is 5.78 Å². The second-order valence-electron chi connectivity index (χ2n) is 3.71. The second-order valence-corrected chi connectivity index (χ2v) is 3.71. The fraction of sp³-hybridized carbons (Fsp3) is 0.385. The summed E-state index contributed by atoms with van der Waals surface area (Å²) in [6.07, 6.45) is 0.667. The fourth-order valence-electron chi connectivity index (χ4n) is 1.55. The number of aryl methyl sites for hydroxylation is 1. The molecule has 0 fully saturated rings. The molecule has 0 radical (unpaired) electrons. The molecule has 1 aromatic carbocycles. The number of aliphatic carboxylic acids is 1. The van der Waals surface area contributed by atoms with Crippen LogP contribution < -0.4 is 4.74 Å². The highest BCUT2D eigenvalue weighted by atomic mass is 16.5. The van der Waals surface area contributed by atoms with Gasteiger partial charge in [-0.2, -0.15) is 0 Å². The maximum atomic E-state index is 11.9. The van der Waals surface area contributed by atoms with Crippen molar-refractivity contribution >= 4 is 11.8 Å². The first kappa shape index (κ1) is 13.2. The molecule has 0 aromatic heterocycles. The van der Waals surface area contributed by atoms with E-state index >= 15 is 0 Å². The van der Waals surface area contributed by atoms with Crippen LogP contribution in [0.15, 0.2) is 18.2 Å². The van der Waals surface area contributed by atoms with Gasteiger partial charge in [-0.3, -0.25) is 9.59 Å². The van der Waals surface area contributed by atoms with Crippen LogP contribution >= 0.6 is 0 Å². The van der Waals surface area contributed by atoms with Gasteiger partial charge in [0.1, 0.15) is 5.75 Å². The summed E-state index contributed by atoms with van der Waals surface area (Å²) >= 11 is 0. The van der Waals surface area contributed by atoms with E-state index in [9.17, 15) is 9.59 Å². The number of Topliss-reactive ketones (excluding diaryl/α,β-unsaturated/α-hetero) is 1. The van der Waals surface area contributed by atoms with E-state index in [4.69, 9.17) is 9.84 Å². The Morgan fingerprint density at radius 1 is 1.29 bits per heavy atom. The predicted octanol–water partition coefficient (Wildman–Crippen LogP) is 2.31. The van der Waals surface area contributed by atoms with Gasteiger partial charge in [-0.05, 0) is 24.1 Å². The molecule has 0 heterocycles. The van der Waals surface area contributed by atoms with E-state index in [1.54, 1.807) is 12.1 Å². The molecule has 17 heavy (non-hydrogen) atoms. The highest BCUT2D eigenvalue weighted by Gasteiger charge is 2.14. The van der Waals surface area contributed by atoms with Crippen LogP contribution in [-0.4, -0.2) is 24.0 Å². The van der Waals surface area contributed by atoms with Crippen molar-refractivity contribution in [3.8, 4) is 5.75 Å². The standard InChI is InChI=1S/C13H16O4/c1-3-9-4-6-12(17-2)10(8-9)11(14)5-7-13(15)16/h4,6,8H,3,5,7H2,1-2H3,(H,15,16). The molecule has 1 rings (SSSR count). The quantitative estimate of drug-likeness (QED) is 0.770. The van der Waals surface area contributed by atoms with Crippen molar-refractivity contribution in [2.45, 2.75) is 26.2 Å². The summed E-state index contributed by atoms with van der Waals surface area (Å²) in [6, 6.07) is 5.41.